The molecule has 16 heavy (non-hydrogen) atoms. The van der Waals surface area contributed by atoms with E-state index in [2.05, 4.69) is 4.90 Å². The predicted molar refractivity (Wildman–Crippen MR) is 68.6 cm³/mol. The van der Waals surface area contributed by atoms with Crippen LogP contribution in [-0.2, 0) is 6.54 Å². The Morgan fingerprint density at radius 3 is 2.75 bits per heavy atom. The molecule has 2 heterocycles. The average molecular weight is 257 g/mol. The number of hydrogen-bond donors (Lipinski definition) is 1. The molecule has 0 saturated carbocycles. The molecule has 5 heteroatoms. The molecule has 0 bridgehead atoms. The summed E-state index contributed by atoms with van der Waals surface area (Å²) in [5, 5.41) is 8.92. The highest BCUT2D eigenvalue weighted by atomic mass is 32.2. The van der Waals surface area contributed by atoms with Gasteiger partial charge < -0.3 is 5.11 Å². The van der Waals surface area contributed by atoms with E-state index in [1.165, 1.54) is 28.4 Å². The van der Waals surface area contributed by atoms with Crippen molar-refractivity contribution in [3.8, 4) is 0 Å². The van der Waals surface area contributed by atoms with Gasteiger partial charge in [0.1, 0.15) is 4.88 Å². The summed E-state index contributed by atoms with van der Waals surface area (Å²) >= 11 is 3.37. The maximum absolute atomic E-state index is 10.9. The van der Waals surface area contributed by atoms with Crippen LogP contribution >= 0.6 is 23.1 Å². The molecule has 0 amide bonds. The van der Waals surface area contributed by atoms with E-state index >= 15 is 0 Å². The highest BCUT2D eigenvalue weighted by Gasteiger charge is 2.15. The molecular formula is C11H15NO2S2. The van der Waals surface area contributed by atoms with Gasteiger partial charge in [-0.1, -0.05) is 0 Å². The van der Waals surface area contributed by atoms with E-state index in [1.54, 1.807) is 0 Å². The van der Waals surface area contributed by atoms with Gasteiger partial charge in [-0.25, -0.2) is 4.79 Å². The highest BCUT2D eigenvalue weighted by molar-refractivity contribution is 7.99. The minimum absolute atomic E-state index is 0.457. The molecule has 88 valence electrons. The number of nitrogens with zero attached hydrogens (tertiary/aromatic N) is 1. The zero-order valence-electron chi connectivity index (χ0n) is 9.23. The molecule has 0 spiro atoms. The van der Waals surface area contributed by atoms with Crippen LogP contribution in [-0.4, -0.2) is 40.6 Å². The van der Waals surface area contributed by atoms with E-state index in [4.69, 9.17) is 5.11 Å². The normalized spacial score (nSPS) is 17.6. The maximum atomic E-state index is 10.9. The standard InChI is InChI=1S/C11H15NO2S2/c1-8-9(6-10(16-8)11(13)14)7-12-2-4-15-5-3-12/h6H,2-5,7H2,1H3,(H,13,14). The molecule has 0 radical (unpaired) electrons. The summed E-state index contributed by atoms with van der Waals surface area (Å²) in [5.41, 5.74) is 1.18. The van der Waals surface area contributed by atoms with E-state index in [0.29, 0.717) is 4.88 Å². The van der Waals surface area contributed by atoms with Gasteiger partial charge in [0.25, 0.3) is 0 Å². The summed E-state index contributed by atoms with van der Waals surface area (Å²) in [7, 11) is 0. The van der Waals surface area contributed by atoms with E-state index in [9.17, 15) is 4.79 Å². The van der Waals surface area contributed by atoms with Crippen LogP contribution < -0.4 is 0 Å². The topological polar surface area (TPSA) is 40.5 Å². The van der Waals surface area contributed by atoms with E-state index in [1.807, 2.05) is 24.8 Å². The molecule has 1 fully saturated rings. The number of carbonyl (C=O) groups is 1. The summed E-state index contributed by atoms with van der Waals surface area (Å²) in [5.74, 6) is 1.57. The van der Waals surface area contributed by atoms with Crippen LogP contribution in [0.2, 0.25) is 0 Å². The van der Waals surface area contributed by atoms with Crippen LogP contribution in [0.4, 0.5) is 0 Å². The molecule has 0 unspecified atom stereocenters. The van der Waals surface area contributed by atoms with Gasteiger partial charge in [0.2, 0.25) is 0 Å². The first-order chi connectivity index (χ1) is 7.66. The first-order valence-corrected chi connectivity index (χ1v) is 7.26. The predicted octanol–water partition coefficient (Wildman–Crippen LogP) is 2.30. The fourth-order valence-corrected chi connectivity index (χ4v) is 3.63. The van der Waals surface area contributed by atoms with Crippen molar-refractivity contribution in [1.29, 1.82) is 0 Å². The maximum Gasteiger partial charge on any atom is 0.345 e. The van der Waals surface area contributed by atoms with Gasteiger partial charge in [-0.15, -0.1) is 11.3 Å². The Hall–Kier alpha value is -0.520. The molecule has 1 N–H and O–H groups in total. The van der Waals surface area contributed by atoms with E-state index < -0.39 is 5.97 Å². The molecule has 1 saturated heterocycles. The quantitative estimate of drug-likeness (QED) is 0.902. The van der Waals surface area contributed by atoms with Crippen LogP contribution in [0.5, 0.6) is 0 Å². The van der Waals surface area contributed by atoms with E-state index in [0.717, 1.165) is 24.5 Å². The minimum atomic E-state index is -0.812. The van der Waals surface area contributed by atoms with Crippen molar-refractivity contribution < 1.29 is 9.90 Å². The largest absolute Gasteiger partial charge is 0.477 e. The fourth-order valence-electron chi connectivity index (χ4n) is 1.78. The minimum Gasteiger partial charge on any atom is -0.477 e. The van der Waals surface area contributed by atoms with Gasteiger partial charge in [0.05, 0.1) is 0 Å². The molecule has 1 aliphatic rings. The number of aromatic carboxylic acids is 1. The Bertz CT molecular complexity index is 383. The van der Waals surface area contributed by atoms with Crippen LogP contribution in [0.25, 0.3) is 0 Å². The number of thiophene rings is 1. The first-order valence-electron chi connectivity index (χ1n) is 5.29. The lowest BCUT2D eigenvalue weighted by atomic mass is 10.2. The SMILES string of the molecule is Cc1sc(C(=O)O)cc1CN1CCSCC1. The van der Waals surface area contributed by atoms with Crippen molar-refractivity contribution in [2.75, 3.05) is 24.6 Å². The van der Waals surface area contributed by atoms with Gasteiger partial charge in [0, 0.05) is 36.0 Å². The second-order valence-corrected chi connectivity index (χ2v) is 6.37. The van der Waals surface area contributed by atoms with Gasteiger partial charge in [-0.3, -0.25) is 4.90 Å². The second-order valence-electron chi connectivity index (χ2n) is 3.89. The van der Waals surface area contributed by atoms with Crippen LogP contribution in [0.3, 0.4) is 0 Å². The van der Waals surface area contributed by atoms with Crippen LogP contribution in [0.15, 0.2) is 6.07 Å². The van der Waals surface area contributed by atoms with Gasteiger partial charge in [-0.2, -0.15) is 11.8 Å². The fraction of sp³-hybridized carbons (Fsp3) is 0.545. The van der Waals surface area contributed by atoms with Crippen LogP contribution in [0.1, 0.15) is 20.1 Å². The van der Waals surface area contributed by atoms with Gasteiger partial charge in [-0.05, 0) is 18.6 Å². The summed E-state index contributed by atoms with van der Waals surface area (Å²) in [6.07, 6.45) is 0. The van der Waals surface area contributed by atoms with Gasteiger partial charge >= 0.3 is 5.97 Å². The monoisotopic (exact) mass is 257 g/mol. The molecule has 1 aliphatic heterocycles. The summed E-state index contributed by atoms with van der Waals surface area (Å²) < 4.78 is 0. The Kier molecular flexibility index (Phi) is 3.89. The van der Waals surface area contributed by atoms with E-state index in [-0.39, 0.29) is 0 Å². The molecule has 1 aromatic rings. The zero-order valence-corrected chi connectivity index (χ0v) is 10.9. The van der Waals surface area contributed by atoms with Crippen molar-refractivity contribution >= 4 is 29.1 Å². The lowest BCUT2D eigenvalue weighted by molar-refractivity contribution is 0.0702. The zero-order chi connectivity index (χ0) is 11.5. The summed E-state index contributed by atoms with van der Waals surface area (Å²) in [4.78, 5) is 14.8. The lowest BCUT2D eigenvalue weighted by Crippen LogP contribution is -2.31. The summed E-state index contributed by atoms with van der Waals surface area (Å²) in [6, 6.07) is 1.82. The molecule has 1 aromatic heterocycles. The van der Waals surface area contributed by atoms with Crippen molar-refractivity contribution in [1.82, 2.24) is 4.90 Å². The Balaban J connectivity index is 2.05. The molecular weight excluding hydrogens is 242 g/mol. The highest BCUT2D eigenvalue weighted by Crippen LogP contribution is 2.23. The third kappa shape index (κ3) is 2.78. The lowest BCUT2D eigenvalue weighted by Gasteiger charge is -2.25. The summed E-state index contributed by atoms with van der Waals surface area (Å²) in [6.45, 7) is 5.13. The Morgan fingerprint density at radius 1 is 1.50 bits per heavy atom. The third-order valence-corrected chi connectivity index (χ3v) is 4.75. The van der Waals surface area contributed by atoms with Crippen LogP contribution in [0, 0.1) is 6.92 Å². The molecule has 0 atom stereocenters. The van der Waals surface area contributed by atoms with Gasteiger partial charge in [0.15, 0.2) is 0 Å². The number of carboxylic acid groups (broad SMARTS) is 1. The number of thioether (sulfide) groups is 1. The van der Waals surface area contributed by atoms with Crippen molar-refractivity contribution in [3.63, 3.8) is 0 Å². The molecule has 0 aromatic carbocycles. The number of aryl methyl sites for hydroxylation is 1. The second kappa shape index (κ2) is 5.21. The Morgan fingerprint density at radius 2 is 2.19 bits per heavy atom. The average Bonchev–Trinajstić information content (AvgIpc) is 2.62. The number of carboxylic acids is 1. The number of hydrogen-bond acceptors (Lipinski definition) is 4. The van der Waals surface area contributed by atoms with Crippen molar-refractivity contribution in [2.45, 2.75) is 13.5 Å². The number of rotatable bonds is 3. The molecule has 3 nitrogen and oxygen atoms in total. The van der Waals surface area contributed by atoms with Crippen molar-refractivity contribution in [2.24, 2.45) is 0 Å². The smallest absolute Gasteiger partial charge is 0.345 e. The first kappa shape index (κ1) is 12.0. The van der Waals surface area contributed by atoms with Crippen molar-refractivity contribution in [3.05, 3.63) is 21.4 Å². The molecule has 2 rings (SSSR count). The molecule has 0 aliphatic carbocycles. The Labute approximate surface area is 103 Å². The third-order valence-electron chi connectivity index (χ3n) is 2.73.